The summed E-state index contributed by atoms with van der Waals surface area (Å²) in [5.41, 5.74) is 3.15. The number of rotatable bonds is 1. The minimum absolute atomic E-state index is 0.0857. The van der Waals surface area contributed by atoms with Crippen molar-refractivity contribution in [2.45, 2.75) is 20.8 Å². The Balaban J connectivity index is 1.94. The largest absolute Gasteiger partial charge is 0.513 e. The number of aryl methyl sites for hydroxylation is 1. The van der Waals surface area contributed by atoms with Gasteiger partial charge in [0.15, 0.2) is 0 Å². The molecule has 3 nitrogen and oxygen atoms in total. The Hall–Kier alpha value is -1.39. The number of pyridine rings is 1. The van der Waals surface area contributed by atoms with Gasteiger partial charge in [-0.15, -0.1) is 0 Å². The van der Waals surface area contributed by atoms with Crippen LogP contribution in [0.1, 0.15) is 19.4 Å². The first-order chi connectivity index (χ1) is 9.05. The van der Waals surface area contributed by atoms with Crippen LogP contribution in [0.4, 0.5) is 0 Å². The van der Waals surface area contributed by atoms with Crippen LogP contribution in [0.3, 0.4) is 0 Å². The molecule has 2 aromatic rings. The summed E-state index contributed by atoms with van der Waals surface area (Å²) in [5, 5.41) is 1.18. The van der Waals surface area contributed by atoms with Gasteiger partial charge in [-0.25, -0.2) is 0 Å². The summed E-state index contributed by atoms with van der Waals surface area (Å²) in [6, 6.07) is 10.2. The quantitative estimate of drug-likeness (QED) is 0.733. The van der Waals surface area contributed by atoms with Crippen LogP contribution >= 0.6 is 0 Å². The highest BCUT2D eigenvalue weighted by Crippen LogP contribution is 2.22. The van der Waals surface area contributed by atoms with Crippen molar-refractivity contribution in [1.29, 1.82) is 0 Å². The van der Waals surface area contributed by atoms with E-state index in [1.165, 1.54) is 10.9 Å². The van der Waals surface area contributed by atoms with E-state index < -0.39 is 0 Å². The van der Waals surface area contributed by atoms with Crippen molar-refractivity contribution in [3.8, 4) is 0 Å². The lowest BCUT2D eigenvalue weighted by atomic mass is 9.79. The van der Waals surface area contributed by atoms with Crippen molar-refractivity contribution in [1.82, 2.24) is 4.98 Å². The highest BCUT2D eigenvalue weighted by molar-refractivity contribution is 6.60. The van der Waals surface area contributed by atoms with Crippen molar-refractivity contribution in [2.75, 3.05) is 13.2 Å². The molecule has 0 aliphatic carbocycles. The standard InChI is InChI=1S/C15H18BNO2/c1-11-8-14(16-18-9-15(2,3)10-19-16)17-13-7-5-4-6-12(11)13/h4-8H,9-10H2,1-3H3. The number of aromatic nitrogens is 1. The van der Waals surface area contributed by atoms with Gasteiger partial charge >= 0.3 is 7.12 Å². The van der Waals surface area contributed by atoms with Crippen LogP contribution in [-0.4, -0.2) is 25.3 Å². The van der Waals surface area contributed by atoms with E-state index in [-0.39, 0.29) is 12.5 Å². The molecule has 1 aliphatic rings. The van der Waals surface area contributed by atoms with Crippen molar-refractivity contribution < 1.29 is 9.31 Å². The van der Waals surface area contributed by atoms with Gasteiger partial charge in [0.05, 0.1) is 11.1 Å². The Morgan fingerprint density at radius 3 is 2.58 bits per heavy atom. The zero-order chi connectivity index (χ0) is 13.5. The summed E-state index contributed by atoms with van der Waals surface area (Å²) < 4.78 is 11.6. The molecule has 19 heavy (non-hydrogen) atoms. The lowest BCUT2D eigenvalue weighted by molar-refractivity contribution is 0.0340. The molecule has 0 amide bonds. The molecule has 0 bridgehead atoms. The first-order valence-electron chi connectivity index (χ1n) is 6.65. The van der Waals surface area contributed by atoms with Crippen molar-refractivity contribution >= 4 is 23.6 Å². The average Bonchev–Trinajstić information content (AvgIpc) is 2.38. The van der Waals surface area contributed by atoms with Crippen LogP contribution < -0.4 is 5.59 Å². The predicted octanol–water partition coefficient (Wildman–Crippen LogP) is 2.31. The fourth-order valence-electron chi connectivity index (χ4n) is 2.36. The Bertz CT molecular complexity index is 602. The maximum atomic E-state index is 5.80. The van der Waals surface area contributed by atoms with E-state index in [0.717, 1.165) is 11.1 Å². The highest BCUT2D eigenvalue weighted by atomic mass is 16.6. The van der Waals surface area contributed by atoms with Crippen LogP contribution in [0.2, 0.25) is 0 Å². The Labute approximate surface area is 114 Å². The van der Waals surface area contributed by atoms with E-state index in [9.17, 15) is 0 Å². The minimum Gasteiger partial charge on any atom is -0.406 e. The number of hydrogen-bond donors (Lipinski definition) is 0. The topological polar surface area (TPSA) is 31.4 Å². The van der Waals surface area contributed by atoms with E-state index in [4.69, 9.17) is 9.31 Å². The summed E-state index contributed by atoms with van der Waals surface area (Å²) in [4.78, 5) is 4.66. The van der Waals surface area contributed by atoms with E-state index in [1.807, 2.05) is 18.2 Å². The van der Waals surface area contributed by atoms with Gasteiger partial charge in [-0.3, -0.25) is 4.98 Å². The number of nitrogens with zero attached hydrogens (tertiary/aromatic N) is 1. The maximum absolute atomic E-state index is 5.80. The first-order valence-corrected chi connectivity index (χ1v) is 6.65. The maximum Gasteiger partial charge on any atom is 0.513 e. The predicted molar refractivity (Wildman–Crippen MR) is 77.6 cm³/mol. The van der Waals surface area contributed by atoms with Crippen LogP contribution in [0, 0.1) is 12.3 Å². The molecule has 0 unspecified atom stereocenters. The lowest BCUT2D eigenvalue weighted by Crippen LogP contribution is -2.48. The zero-order valence-corrected chi connectivity index (χ0v) is 11.6. The Morgan fingerprint density at radius 1 is 1.16 bits per heavy atom. The molecule has 0 N–H and O–H groups in total. The molecule has 4 heteroatoms. The number of para-hydroxylation sites is 1. The molecule has 1 aliphatic heterocycles. The Kier molecular flexibility index (Phi) is 3.07. The normalized spacial score (nSPS) is 18.8. The van der Waals surface area contributed by atoms with Gasteiger partial charge < -0.3 is 9.31 Å². The second-order valence-electron chi connectivity index (χ2n) is 6.00. The summed E-state index contributed by atoms with van der Waals surface area (Å²) in [5.74, 6) is 0. The molecule has 1 aromatic carbocycles. The molecule has 0 atom stereocenters. The number of fused-ring (bicyclic) bond motifs is 1. The van der Waals surface area contributed by atoms with E-state index >= 15 is 0 Å². The molecule has 1 aromatic heterocycles. The molecule has 1 saturated heterocycles. The van der Waals surface area contributed by atoms with Crippen molar-refractivity contribution in [3.05, 3.63) is 35.9 Å². The summed E-state index contributed by atoms with van der Waals surface area (Å²) in [7, 11) is -0.337. The zero-order valence-electron chi connectivity index (χ0n) is 11.6. The van der Waals surface area contributed by atoms with Crippen molar-refractivity contribution in [3.63, 3.8) is 0 Å². The minimum atomic E-state index is -0.337. The molecule has 3 rings (SSSR count). The fraction of sp³-hybridized carbons (Fsp3) is 0.400. The van der Waals surface area contributed by atoms with Gasteiger partial charge in [-0.05, 0) is 24.6 Å². The first kappa shape index (κ1) is 12.6. The number of hydrogen-bond acceptors (Lipinski definition) is 3. The van der Waals surface area contributed by atoms with Gasteiger partial charge in [-0.2, -0.15) is 0 Å². The van der Waals surface area contributed by atoms with Gasteiger partial charge in [0, 0.05) is 24.0 Å². The molecule has 1 fully saturated rings. The molecule has 0 radical (unpaired) electrons. The van der Waals surface area contributed by atoms with E-state index in [1.54, 1.807) is 0 Å². The monoisotopic (exact) mass is 255 g/mol. The third kappa shape index (κ3) is 2.51. The van der Waals surface area contributed by atoms with Crippen LogP contribution in [-0.2, 0) is 9.31 Å². The molecular formula is C15H18BNO2. The second-order valence-corrected chi connectivity index (χ2v) is 6.00. The Morgan fingerprint density at radius 2 is 1.84 bits per heavy atom. The highest BCUT2D eigenvalue weighted by Gasteiger charge is 2.34. The van der Waals surface area contributed by atoms with Gasteiger partial charge in [0.2, 0.25) is 0 Å². The molecule has 0 saturated carbocycles. The van der Waals surface area contributed by atoms with Gasteiger partial charge in [0.1, 0.15) is 0 Å². The van der Waals surface area contributed by atoms with Crippen LogP contribution in [0.25, 0.3) is 10.9 Å². The molecule has 2 heterocycles. The van der Waals surface area contributed by atoms with Crippen molar-refractivity contribution in [2.24, 2.45) is 5.41 Å². The fourth-order valence-corrected chi connectivity index (χ4v) is 2.36. The third-order valence-electron chi connectivity index (χ3n) is 3.44. The molecule has 0 spiro atoms. The summed E-state index contributed by atoms with van der Waals surface area (Å²) in [6.07, 6.45) is 0. The average molecular weight is 255 g/mol. The van der Waals surface area contributed by atoms with Gasteiger partial charge in [-0.1, -0.05) is 32.0 Å². The van der Waals surface area contributed by atoms with Crippen LogP contribution in [0.5, 0.6) is 0 Å². The smallest absolute Gasteiger partial charge is 0.406 e. The SMILES string of the molecule is Cc1cc(B2OCC(C)(C)CO2)nc2ccccc12. The van der Waals surface area contributed by atoms with E-state index in [2.05, 4.69) is 37.9 Å². The van der Waals surface area contributed by atoms with Crippen LogP contribution in [0.15, 0.2) is 30.3 Å². The summed E-state index contributed by atoms with van der Waals surface area (Å²) in [6.45, 7) is 7.78. The lowest BCUT2D eigenvalue weighted by Gasteiger charge is -2.32. The second kappa shape index (κ2) is 4.62. The molecular weight excluding hydrogens is 237 g/mol. The van der Waals surface area contributed by atoms with E-state index in [0.29, 0.717) is 13.2 Å². The molecule has 98 valence electrons. The van der Waals surface area contributed by atoms with Gasteiger partial charge in [0.25, 0.3) is 0 Å². The number of benzene rings is 1. The third-order valence-corrected chi connectivity index (χ3v) is 3.44. The summed E-state index contributed by atoms with van der Waals surface area (Å²) >= 11 is 0.